The van der Waals surface area contributed by atoms with Crippen molar-refractivity contribution in [3.8, 4) is 0 Å². The Morgan fingerprint density at radius 3 is 2.46 bits per heavy atom. The molecule has 0 bridgehead atoms. The average molecular weight is 181 g/mol. The Kier molecular flexibility index (Phi) is 1.90. The quantitative estimate of drug-likeness (QED) is 0.523. The molecule has 0 radical (unpaired) electrons. The lowest BCUT2D eigenvalue weighted by atomic mass is 9.76. The van der Waals surface area contributed by atoms with Gasteiger partial charge in [0.1, 0.15) is 0 Å². The summed E-state index contributed by atoms with van der Waals surface area (Å²) < 4.78 is 0. The second kappa shape index (κ2) is 2.82. The molecule has 3 nitrogen and oxygen atoms in total. The number of rotatable bonds is 0. The van der Waals surface area contributed by atoms with Gasteiger partial charge < -0.3 is 0 Å². The highest BCUT2D eigenvalue weighted by molar-refractivity contribution is 6.04. The molecule has 72 valence electrons. The van der Waals surface area contributed by atoms with Crippen LogP contribution in [0, 0.1) is 17.8 Å². The summed E-state index contributed by atoms with van der Waals surface area (Å²) in [6.45, 7) is 2.16. The van der Waals surface area contributed by atoms with Gasteiger partial charge in [0.15, 0.2) is 0 Å². The van der Waals surface area contributed by atoms with Gasteiger partial charge in [-0.15, -0.1) is 0 Å². The van der Waals surface area contributed by atoms with Gasteiger partial charge in [0.05, 0.1) is 11.8 Å². The summed E-state index contributed by atoms with van der Waals surface area (Å²) in [5, 5.41) is 0. The first-order valence-electron chi connectivity index (χ1n) is 4.92. The van der Waals surface area contributed by atoms with Gasteiger partial charge in [-0.3, -0.25) is 14.5 Å². The molecule has 1 aliphatic heterocycles. The number of carbonyl (C=O) groups excluding carboxylic acids is 2. The molecule has 0 aromatic rings. The van der Waals surface area contributed by atoms with Crippen molar-refractivity contribution >= 4 is 11.8 Å². The molecule has 0 aromatic carbocycles. The predicted molar refractivity (Wildman–Crippen MR) is 47.8 cm³/mol. The van der Waals surface area contributed by atoms with E-state index < -0.39 is 0 Å². The van der Waals surface area contributed by atoms with Gasteiger partial charge >= 0.3 is 0 Å². The van der Waals surface area contributed by atoms with Gasteiger partial charge in [-0.2, -0.15) is 0 Å². The lowest BCUT2D eigenvalue weighted by Crippen LogP contribution is -2.26. The first kappa shape index (κ1) is 8.73. The first-order chi connectivity index (χ1) is 6.11. The van der Waals surface area contributed by atoms with Crippen molar-refractivity contribution in [1.29, 1.82) is 0 Å². The van der Waals surface area contributed by atoms with Crippen LogP contribution in [-0.4, -0.2) is 23.8 Å². The Hall–Kier alpha value is -0.860. The standard InChI is InChI=1S/C10H15NO2/c1-6-3-4-7-8(5-6)10(13)11(2)9(7)12/h6-8H,3-5H2,1-2H3/t6-,7-,8+/m0/s1. The third-order valence-corrected chi connectivity index (χ3v) is 3.41. The number of imide groups is 1. The van der Waals surface area contributed by atoms with Crippen LogP contribution in [0.3, 0.4) is 0 Å². The molecular formula is C10H15NO2. The monoisotopic (exact) mass is 181 g/mol. The van der Waals surface area contributed by atoms with Crippen molar-refractivity contribution in [2.45, 2.75) is 26.2 Å². The Balaban J connectivity index is 2.22. The Labute approximate surface area is 78.1 Å². The summed E-state index contributed by atoms with van der Waals surface area (Å²) in [6, 6.07) is 0. The van der Waals surface area contributed by atoms with Crippen LogP contribution in [0.25, 0.3) is 0 Å². The number of hydrogen-bond donors (Lipinski definition) is 0. The molecule has 0 unspecified atom stereocenters. The number of nitrogens with zero attached hydrogens (tertiary/aromatic N) is 1. The molecule has 1 heterocycles. The normalized spacial score (nSPS) is 39.5. The summed E-state index contributed by atoms with van der Waals surface area (Å²) in [5.74, 6) is 0.697. The lowest BCUT2D eigenvalue weighted by molar-refractivity contribution is -0.138. The minimum atomic E-state index is 0.00116. The third kappa shape index (κ3) is 1.18. The number of carbonyl (C=O) groups is 2. The molecule has 2 rings (SSSR count). The van der Waals surface area contributed by atoms with Crippen molar-refractivity contribution in [2.24, 2.45) is 17.8 Å². The van der Waals surface area contributed by atoms with Crippen molar-refractivity contribution in [2.75, 3.05) is 7.05 Å². The van der Waals surface area contributed by atoms with Gasteiger partial charge in [0.25, 0.3) is 0 Å². The fourth-order valence-corrected chi connectivity index (χ4v) is 2.56. The van der Waals surface area contributed by atoms with Gasteiger partial charge in [-0.25, -0.2) is 0 Å². The molecule has 1 aliphatic carbocycles. The predicted octanol–water partition coefficient (Wildman–Crippen LogP) is 1.04. The molecule has 1 saturated heterocycles. The third-order valence-electron chi connectivity index (χ3n) is 3.41. The van der Waals surface area contributed by atoms with E-state index in [2.05, 4.69) is 6.92 Å². The molecular weight excluding hydrogens is 166 g/mol. The molecule has 3 atom stereocenters. The van der Waals surface area contributed by atoms with E-state index in [-0.39, 0.29) is 23.7 Å². The van der Waals surface area contributed by atoms with E-state index in [0.717, 1.165) is 19.3 Å². The van der Waals surface area contributed by atoms with E-state index in [0.29, 0.717) is 5.92 Å². The van der Waals surface area contributed by atoms with Crippen molar-refractivity contribution in [3.63, 3.8) is 0 Å². The minimum Gasteiger partial charge on any atom is -0.285 e. The molecule has 0 N–H and O–H groups in total. The van der Waals surface area contributed by atoms with E-state index in [1.165, 1.54) is 4.90 Å². The van der Waals surface area contributed by atoms with Gasteiger partial charge in [0.2, 0.25) is 11.8 Å². The summed E-state index contributed by atoms with van der Waals surface area (Å²) in [7, 11) is 1.60. The minimum absolute atomic E-state index is 0.00116. The zero-order chi connectivity index (χ0) is 9.59. The van der Waals surface area contributed by atoms with E-state index >= 15 is 0 Å². The molecule has 2 fully saturated rings. The average Bonchev–Trinajstić information content (AvgIpc) is 2.32. The number of amides is 2. The summed E-state index contributed by atoms with van der Waals surface area (Å²) in [4.78, 5) is 24.5. The largest absolute Gasteiger partial charge is 0.285 e. The zero-order valence-electron chi connectivity index (χ0n) is 8.12. The van der Waals surface area contributed by atoms with Crippen molar-refractivity contribution in [1.82, 2.24) is 4.90 Å². The van der Waals surface area contributed by atoms with Crippen molar-refractivity contribution in [3.05, 3.63) is 0 Å². The number of hydrogen-bond acceptors (Lipinski definition) is 2. The molecule has 2 amide bonds. The van der Waals surface area contributed by atoms with Crippen LogP contribution in [0.15, 0.2) is 0 Å². The molecule has 1 saturated carbocycles. The Morgan fingerprint density at radius 2 is 1.77 bits per heavy atom. The van der Waals surface area contributed by atoms with Gasteiger partial charge in [-0.1, -0.05) is 6.92 Å². The maximum absolute atomic E-state index is 11.6. The SMILES string of the molecule is C[C@H]1CC[C@@H]2C(=O)N(C)C(=O)[C@@H]2C1. The summed E-state index contributed by atoms with van der Waals surface area (Å²) in [6.07, 6.45) is 2.90. The van der Waals surface area contributed by atoms with Crippen LogP contribution < -0.4 is 0 Å². The number of likely N-dealkylation sites (tertiary alicyclic amines) is 1. The lowest BCUT2D eigenvalue weighted by Gasteiger charge is -2.25. The van der Waals surface area contributed by atoms with E-state index in [9.17, 15) is 9.59 Å². The highest BCUT2D eigenvalue weighted by atomic mass is 16.2. The van der Waals surface area contributed by atoms with Crippen LogP contribution in [0.4, 0.5) is 0 Å². The second-order valence-corrected chi connectivity index (χ2v) is 4.37. The fourth-order valence-electron chi connectivity index (χ4n) is 2.56. The zero-order valence-corrected chi connectivity index (χ0v) is 8.12. The topological polar surface area (TPSA) is 37.4 Å². The number of fused-ring (bicyclic) bond motifs is 1. The first-order valence-corrected chi connectivity index (χ1v) is 4.92. The van der Waals surface area contributed by atoms with E-state index in [4.69, 9.17) is 0 Å². The highest BCUT2D eigenvalue weighted by Gasteiger charge is 2.47. The van der Waals surface area contributed by atoms with Crippen LogP contribution in [-0.2, 0) is 9.59 Å². The van der Waals surface area contributed by atoms with Crippen LogP contribution >= 0.6 is 0 Å². The van der Waals surface area contributed by atoms with E-state index in [1.807, 2.05) is 0 Å². The van der Waals surface area contributed by atoms with Crippen LogP contribution in [0.5, 0.6) is 0 Å². The molecule has 0 spiro atoms. The molecule has 13 heavy (non-hydrogen) atoms. The smallest absolute Gasteiger partial charge is 0.232 e. The van der Waals surface area contributed by atoms with E-state index in [1.54, 1.807) is 7.05 Å². The Bertz CT molecular complexity index is 262. The summed E-state index contributed by atoms with van der Waals surface area (Å²) >= 11 is 0. The maximum atomic E-state index is 11.6. The summed E-state index contributed by atoms with van der Waals surface area (Å²) in [5.41, 5.74) is 0. The maximum Gasteiger partial charge on any atom is 0.232 e. The van der Waals surface area contributed by atoms with Gasteiger partial charge in [0, 0.05) is 7.05 Å². The second-order valence-electron chi connectivity index (χ2n) is 4.37. The Morgan fingerprint density at radius 1 is 1.15 bits per heavy atom. The highest BCUT2D eigenvalue weighted by Crippen LogP contribution is 2.39. The molecule has 2 aliphatic rings. The van der Waals surface area contributed by atoms with Gasteiger partial charge in [-0.05, 0) is 25.2 Å². The van der Waals surface area contributed by atoms with Crippen LogP contribution in [0.1, 0.15) is 26.2 Å². The molecule has 3 heteroatoms. The van der Waals surface area contributed by atoms with Crippen LogP contribution in [0.2, 0.25) is 0 Å². The fraction of sp³-hybridized carbons (Fsp3) is 0.800. The molecule has 0 aromatic heterocycles. The van der Waals surface area contributed by atoms with Crippen molar-refractivity contribution < 1.29 is 9.59 Å².